The lowest BCUT2D eigenvalue weighted by Gasteiger charge is -2.11. The molecule has 0 aliphatic carbocycles. The van der Waals surface area contributed by atoms with Crippen molar-refractivity contribution in [3.05, 3.63) is 73.2 Å². The molecule has 0 amide bonds. The smallest absolute Gasteiger partial charge is 0.232 e. The molecule has 30 heavy (non-hydrogen) atoms. The average molecular weight is 397 g/mol. The number of fused-ring (bicyclic) bond motifs is 2. The first kappa shape index (κ1) is 17.9. The van der Waals surface area contributed by atoms with E-state index in [-0.39, 0.29) is 0 Å². The Labute approximate surface area is 172 Å². The lowest BCUT2D eigenvalue weighted by Crippen LogP contribution is -2.13. The molecule has 0 saturated heterocycles. The van der Waals surface area contributed by atoms with Crippen molar-refractivity contribution in [2.24, 2.45) is 0 Å². The number of H-pyrrole nitrogens is 1. The van der Waals surface area contributed by atoms with Gasteiger partial charge in [0.1, 0.15) is 23.7 Å². The van der Waals surface area contributed by atoms with E-state index < -0.39 is 0 Å². The van der Waals surface area contributed by atoms with E-state index in [0.29, 0.717) is 36.4 Å². The molecule has 0 bridgehead atoms. The minimum absolute atomic E-state index is 0.421. The van der Waals surface area contributed by atoms with Gasteiger partial charge in [-0.3, -0.25) is 0 Å². The van der Waals surface area contributed by atoms with Crippen molar-refractivity contribution in [2.75, 3.05) is 23.8 Å². The van der Waals surface area contributed by atoms with Crippen LogP contribution in [0.15, 0.2) is 73.2 Å². The molecule has 148 valence electrons. The lowest BCUT2D eigenvalue weighted by molar-refractivity contribution is 0.333. The Morgan fingerprint density at radius 3 is 2.67 bits per heavy atom. The summed E-state index contributed by atoms with van der Waals surface area (Å²) in [6, 6.07) is 19.7. The van der Waals surface area contributed by atoms with Gasteiger partial charge in [-0.25, -0.2) is 9.97 Å². The fourth-order valence-electron chi connectivity index (χ4n) is 3.20. The second-order valence-electron chi connectivity index (χ2n) is 6.59. The molecular formula is C22H19N7O. The fraction of sp³-hybridized carbons (Fsp3) is 0.0909. The van der Waals surface area contributed by atoms with Gasteiger partial charge in [0.2, 0.25) is 5.95 Å². The highest BCUT2D eigenvalue weighted by molar-refractivity contribution is 5.93. The number of benzene rings is 2. The third kappa shape index (κ3) is 3.70. The summed E-state index contributed by atoms with van der Waals surface area (Å²) < 4.78 is 5.74. The molecule has 3 N–H and O–H groups in total. The van der Waals surface area contributed by atoms with Crippen molar-refractivity contribution >= 4 is 39.5 Å². The number of para-hydroxylation sites is 1. The van der Waals surface area contributed by atoms with Crippen LogP contribution >= 0.6 is 0 Å². The zero-order chi connectivity index (χ0) is 20.2. The highest BCUT2D eigenvalue weighted by Gasteiger charge is 2.11. The summed E-state index contributed by atoms with van der Waals surface area (Å²) in [5.74, 6) is 2.60. The SMILES string of the molecule is c1ccc(OCCNc2nc(Nc3nccc4ccccc34)nc3nc[nH]c23)cc1. The number of pyridine rings is 1. The summed E-state index contributed by atoms with van der Waals surface area (Å²) in [7, 11) is 0. The van der Waals surface area contributed by atoms with E-state index in [0.717, 1.165) is 22.0 Å². The molecule has 2 aromatic carbocycles. The topological polar surface area (TPSA) is 101 Å². The Balaban J connectivity index is 1.36. The second kappa shape index (κ2) is 8.04. The third-order valence-electron chi connectivity index (χ3n) is 4.60. The van der Waals surface area contributed by atoms with Gasteiger partial charge in [-0.05, 0) is 23.6 Å². The van der Waals surface area contributed by atoms with E-state index in [1.165, 1.54) is 0 Å². The summed E-state index contributed by atoms with van der Waals surface area (Å²) in [5.41, 5.74) is 1.31. The number of ether oxygens (including phenoxy) is 1. The predicted molar refractivity (Wildman–Crippen MR) is 117 cm³/mol. The van der Waals surface area contributed by atoms with Gasteiger partial charge in [0.25, 0.3) is 0 Å². The van der Waals surface area contributed by atoms with Gasteiger partial charge < -0.3 is 20.4 Å². The average Bonchev–Trinajstić information content (AvgIpc) is 3.26. The van der Waals surface area contributed by atoms with E-state index in [9.17, 15) is 0 Å². The van der Waals surface area contributed by atoms with Crippen molar-refractivity contribution in [1.29, 1.82) is 0 Å². The van der Waals surface area contributed by atoms with Crippen molar-refractivity contribution in [2.45, 2.75) is 0 Å². The molecule has 3 aromatic heterocycles. The van der Waals surface area contributed by atoms with Gasteiger partial charge in [-0.2, -0.15) is 9.97 Å². The normalized spacial score (nSPS) is 10.9. The number of anilines is 3. The van der Waals surface area contributed by atoms with Gasteiger partial charge in [0, 0.05) is 11.6 Å². The Morgan fingerprint density at radius 2 is 1.73 bits per heavy atom. The number of imidazole rings is 1. The van der Waals surface area contributed by atoms with Gasteiger partial charge in [0.15, 0.2) is 11.5 Å². The molecule has 8 nitrogen and oxygen atoms in total. The zero-order valence-electron chi connectivity index (χ0n) is 16.0. The van der Waals surface area contributed by atoms with E-state index in [1.54, 1.807) is 12.5 Å². The van der Waals surface area contributed by atoms with Gasteiger partial charge in [0.05, 0.1) is 12.9 Å². The number of hydrogen-bond acceptors (Lipinski definition) is 7. The molecule has 5 rings (SSSR count). The van der Waals surface area contributed by atoms with Crippen molar-refractivity contribution in [1.82, 2.24) is 24.9 Å². The monoisotopic (exact) mass is 397 g/mol. The number of aromatic nitrogens is 5. The molecule has 0 fully saturated rings. The van der Waals surface area contributed by atoms with Crippen LogP contribution in [-0.4, -0.2) is 38.1 Å². The Morgan fingerprint density at radius 1 is 0.867 bits per heavy atom. The standard InChI is InChI=1S/C22H19N7O/c1-2-7-16(8-3-1)30-13-12-24-20-18-21(26-14-25-18)29-22(28-20)27-19-17-9-5-4-6-15(17)10-11-23-19/h1-11,14H,12-13H2,(H3,23,24,25,26,27,28,29). The van der Waals surface area contributed by atoms with E-state index in [4.69, 9.17) is 4.74 Å². The van der Waals surface area contributed by atoms with Crippen LogP contribution in [0.5, 0.6) is 5.75 Å². The van der Waals surface area contributed by atoms with Crippen LogP contribution in [0.25, 0.3) is 21.9 Å². The Bertz CT molecular complexity index is 1280. The molecular weight excluding hydrogens is 378 g/mol. The minimum atomic E-state index is 0.421. The molecule has 0 unspecified atom stereocenters. The van der Waals surface area contributed by atoms with Crippen LogP contribution in [0.1, 0.15) is 0 Å². The van der Waals surface area contributed by atoms with Crippen LogP contribution in [-0.2, 0) is 0 Å². The Hall–Kier alpha value is -4.20. The van der Waals surface area contributed by atoms with E-state index >= 15 is 0 Å². The minimum Gasteiger partial charge on any atom is -0.492 e. The fourth-order valence-corrected chi connectivity index (χ4v) is 3.20. The van der Waals surface area contributed by atoms with Crippen LogP contribution in [0, 0.1) is 0 Å². The number of nitrogens with one attached hydrogen (secondary N) is 3. The van der Waals surface area contributed by atoms with Gasteiger partial charge in [-0.15, -0.1) is 0 Å². The number of rotatable bonds is 7. The molecule has 0 aliphatic heterocycles. The maximum absolute atomic E-state index is 5.74. The van der Waals surface area contributed by atoms with Crippen molar-refractivity contribution in [3.63, 3.8) is 0 Å². The maximum atomic E-state index is 5.74. The van der Waals surface area contributed by atoms with Crippen LogP contribution in [0.2, 0.25) is 0 Å². The first-order valence-corrected chi connectivity index (χ1v) is 9.60. The highest BCUT2D eigenvalue weighted by Crippen LogP contribution is 2.25. The summed E-state index contributed by atoms with van der Waals surface area (Å²) in [6.07, 6.45) is 3.36. The summed E-state index contributed by atoms with van der Waals surface area (Å²) in [6.45, 7) is 1.07. The Kier molecular flexibility index (Phi) is 4.79. The largest absolute Gasteiger partial charge is 0.492 e. The van der Waals surface area contributed by atoms with Crippen molar-refractivity contribution in [3.8, 4) is 5.75 Å². The summed E-state index contributed by atoms with van der Waals surface area (Å²) >= 11 is 0. The van der Waals surface area contributed by atoms with Crippen LogP contribution in [0.3, 0.4) is 0 Å². The van der Waals surface area contributed by atoms with Gasteiger partial charge >= 0.3 is 0 Å². The number of aromatic amines is 1. The first-order chi connectivity index (χ1) is 14.9. The van der Waals surface area contributed by atoms with Crippen molar-refractivity contribution < 1.29 is 4.74 Å². The van der Waals surface area contributed by atoms with Crippen LogP contribution < -0.4 is 15.4 Å². The van der Waals surface area contributed by atoms with E-state index in [1.807, 2.05) is 60.7 Å². The zero-order valence-corrected chi connectivity index (χ0v) is 16.0. The van der Waals surface area contributed by atoms with Gasteiger partial charge in [-0.1, -0.05) is 42.5 Å². The number of nitrogens with zero attached hydrogens (tertiary/aromatic N) is 4. The second-order valence-corrected chi connectivity index (χ2v) is 6.59. The van der Waals surface area contributed by atoms with Crippen LogP contribution in [0.4, 0.5) is 17.6 Å². The molecule has 0 spiro atoms. The molecule has 3 heterocycles. The predicted octanol–water partition coefficient (Wildman–Crippen LogP) is 4.14. The summed E-state index contributed by atoms with van der Waals surface area (Å²) in [4.78, 5) is 20.9. The number of hydrogen-bond donors (Lipinski definition) is 3. The molecule has 8 heteroatoms. The quantitative estimate of drug-likeness (QED) is 0.355. The molecule has 5 aromatic rings. The molecule has 0 radical (unpaired) electrons. The maximum Gasteiger partial charge on any atom is 0.232 e. The first-order valence-electron chi connectivity index (χ1n) is 9.60. The van der Waals surface area contributed by atoms with E-state index in [2.05, 4.69) is 35.6 Å². The molecule has 0 saturated carbocycles. The molecule has 0 aliphatic rings. The summed E-state index contributed by atoms with van der Waals surface area (Å²) in [5, 5.41) is 8.61. The third-order valence-corrected chi connectivity index (χ3v) is 4.60. The highest BCUT2D eigenvalue weighted by atomic mass is 16.5. The lowest BCUT2D eigenvalue weighted by atomic mass is 10.1. The molecule has 0 atom stereocenters.